The van der Waals surface area contributed by atoms with Gasteiger partial charge in [-0.1, -0.05) is 32.0 Å². The van der Waals surface area contributed by atoms with Crippen molar-refractivity contribution in [2.24, 2.45) is 5.92 Å². The topological polar surface area (TPSA) is 71.1 Å². The molecule has 2 rings (SSSR count). The molecule has 5 nitrogen and oxygen atoms in total. The molecule has 0 saturated heterocycles. The Morgan fingerprint density at radius 2 is 1.86 bits per heavy atom. The SMILES string of the molecule is CC(=O)N[C@@H](C(=O)Nc1cccc2cccnc12)C(C)C. The first-order valence-corrected chi connectivity index (χ1v) is 6.90. The zero-order valence-electron chi connectivity index (χ0n) is 12.4. The van der Waals surface area contributed by atoms with Crippen molar-refractivity contribution in [1.82, 2.24) is 10.3 Å². The van der Waals surface area contributed by atoms with Gasteiger partial charge in [-0.25, -0.2) is 0 Å². The van der Waals surface area contributed by atoms with E-state index in [2.05, 4.69) is 15.6 Å². The molecule has 0 radical (unpaired) electrons. The number of hydrogen-bond acceptors (Lipinski definition) is 3. The molecule has 0 fully saturated rings. The molecule has 0 aliphatic carbocycles. The maximum absolute atomic E-state index is 12.4. The van der Waals surface area contributed by atoms with Crippen LogP contribution in [-0.2, 0) is 9.59 Å². The van der Waals surface area contributed by atoms with Gasteiger partial charge in [0.1, 0.15) is 6.04 Å². The van der Waals surface area contributed by atoms with Gasteiger partial charge >= 0.3 is 0 Å². The Hall–Kier alpha value is -2.43. The average molecular weight is 285 g/mol. The summed E-state index contributed by atoms with van der Waals surface area (Å²) in [6.07, 6.45) is 1.69. The summed E-state index contributed by atoms with van der Waals surface area (Å²) >= 11 is 0. The number of nitrogens with one attached hydrogen (secondary N) is 2. The minimum Gasteiger partial charge on any atom is -0.344 e. The fraction of sp³-hybridized carbons (Fsp3) is 0.312. The Morgan fingerprint density at radius 1 is 1.14 bits per heavy atom. The van der Waals surface area contributed by atoms with Crippen molar-refractivity contribution < 1.29 is 9.59 Å². The molecular formula is C16H19N3O2. The third kappa shape index (κ3) is 3.56. The van der Waals surface area contributed by atoms with Crippen LogP contribution < -0.4 is 10.6 Å². The van der Waals surface area contributed by atoms with E-state index < -0.39 is 6.04 Å². The van der Waals surface area contributed by atoms with Crippen LogP contribution in [0.4, 0.5) is 5.69 Å². The smallest absolute Gasteiger partial charge is 0.247 e. The minimum absolute atomic E-state index is 0.00293. The summed E-state index contributed by atoms with van der Waals surface area (Å²) in [7, 11) is 0. The number of para-hydroxylation sites is 1. The predicted octanol–water partition coefficient (Wildman–Crippen LogP) is 2.33. The van der Waals surface area contributed by atoms with Gasteiger partial charge in [0.15, 0.2) is 0 Å². The fourth-order valence-corrected chi connectivity index (χ4v) is 2.17. The van der Waals surface area contributed by atoms with Crippen LogP contribution in [0.3, 0.4) is 0 Å². The molecule has 0 bridgehead atoms. The van der Waals surface area contributed by atoms with E-state index in [0.717, 1.165) is 10.9 Å². The number of pyridine rings is 1. The molecular weight excluding hydrogens is 266 g/mol. The van der Waals surface area contributed by atoms with Gasteiger partial charge in [0.05, 0.1) is 11.2 Å². The highest BCUT2D eigenvalue weighted by Crippen LogP contribution is 2.21. The normalized spacial score (nSPS) is 12.2. The van der Waals surface area contributed by atoms with Gasteiger partial charge in [-0.05, 0) is 18.1 Å². The van der Waals surface area contributed by atoms with Crippen LogP contribution >= 0.6 is 0 Å². The fourth-order valence-electron chi connectivity index (χ4n) is 2.17. The number of carbonyl (C=O) groups excluding carboxylic acids is 2. The molecule has 0 spiro atoms. The second kappa shape index (κ2) is 6.35. The number of amides is 2. The third-order valence-corrected chi connectivity index (χ3v) is 3.20. The van der Waals surface area contributed by atoms with Crippen molar-refractivity contribution >= 4 is 28.4 Å². The lowest BCUT2D eigenvalue weighted by atomic mass is 10.0. The number of fused-ring (bicyclic) bond motifs is 1. The summed E-state index contributed by atoms with van der Waals surface area (Å²) in [6.45, 7) is 5.19. The second-order valence-electron chi connectivity index (χ2n) is 5.29. The van der Waals surface area contributed by atoms with Crippen LogP contribution in [-0.4, -0.2) is 22.8 Å². The predicted molar refractivity (Wildman–Crippen MR) is 82.8 cm³/mol. The average Bonchev–Trinajstić information content (AvgIpc) is 2.44. The van der Waals surface area contributed by atoms with Gasteiger partial charge in [0.2, 0.25) is 11.8 Å². The minimum atomic E-state index is -0.568. The molecule has 1 aromatic carbocycles. The highest BCUT2D eigenvalue weighted by Gasteiger charge is 2.23. The molecule has 1 aromatic heterocycles. The molecule has 0 unspecified atom stereocenters. The van der Waals surface area contributed by atoms with Crippen LogP contribution in [0.2, 0.25) is 0 Å². The summed E-state index contributed by atoms with van der Waals surface area (Å²) in [5.41, 5.74) is 1.38. The van der Waals surface area contributed by atoms with Gasteiger partial charge in [0.25, 0.3) is 0 Å². The molecule has 21 heavy (non-hydrogen) atoms. The van der Waals surface area contributed by atoms with Gasteiger partial charge < -0.3 is 10.6 Å². The van der Waals surface area contributed by atoms with Gasteiger partial charge in [0, 0.05) is 18.5 Å². The van der Waals surface area contributed by atoms with E-state index in [0.29, 0.717) is 5.69 Å². The van der Waals surface area contributed by atoms with Crippen molar-refractivity contribution in [3.63, 3.8) is 0 Å². The van der Waals surface area contributed by atoms with E-state index in [-0.39, 0.29) is 17.7 Å². The van der Waals surface area contributed by atoms with Crippen LogP contribution in [0.25, 0.3) is 10.9 Å². The maximum Gasteiger partial charge on any atom is 0.247 e. The van der Waals surface area contributed by atoms with E-state index in [1.54, 1.807) is 12.3 Å². The Balaban J connectivity index is 2.26. The molecule has 110 valence electrons. The summed E-state index contributed by atoms with van der Waals surface area (Å²) in [5.74, 6) is -0.463. The van der Waals surface area contributed by atoms with Crippen molar-refractivity contribution in [2.45, 2.75) is 26.8 Å². The highest BCUT2D eigenvalue weighted by molar-refractivity contribution is 6.03. The van der Waals surface area contributed by atoms with Crippen LogP contribution in [0.1, 0.15) is 20.8 Å². The number of anilines is 1. The number of hydrogen-bond donors (Lipinski definition) is 2. The number of nitrogens with zero attached hydrogens (tertiary/aromatic N) is 1. The van der Waals surface area contributed by atoms with Gasteiger partial charge in [-0.15, -0.1) is 0 Å². The highest BCUT2D eigenvalue weighted by atomic mass is 16.2. The maximum atomic E-state index is 12.4. The first kappa shape index (κ1) is 15.0. The zero-order chi connectivity index (χ0) is 15.4. The van der Waals surface area contributed by atoms with E-state index >= 15 is 0 Å². The molecule has 0 aliphatic heterocycles. The van der Waals surface area contributed by atoms with E-state index in [1.165, 1.54) is 6.92 Å². The zero-order valence-corrected chi connectivity index (χ0v) is 12.4. The summed E-state index contributed by atoms with van der Waals surface area (Å²) in [4.78, 5) is 27.9. The Kier molecular flexibility index (Phi) is 4.52. The molecule has 2 amide bonds. The summed E-state index contributed by atoms with van der Waals surface area (Å²) < 4.78 is 0. The lowest BCUT2D eigenvalue weighted by molar-refractivity contribution is -0.126. The number of benzene rings is 1. The Bertz CT molecular complexity index is 662. The van der Waals surface area contributed by atoms with Gasteiger partial charge in [-0.3, -0.25) is 14.6 Å². The number of carbonyl (C=O) groups is 2. The molecule has 0 saturated carbocycles. The van der Waals surface area contributed by atoms with E-state index in [4.69, 9.17) is 0 Å². The summed E-state index contributed by atoms with van der Waals surface area (Å²) in [6, 6.07) is 8.82. The van der Waals surface area contributed by atoms with E-state index in [1.807, 2.05) is 38.1 Å². The van der Waals surface area contributed by atoms with Crippen molar-refractivity contribution in [3.8, 4) is 0 Å². The third-order valence-electron chi connectivity index (χ3n) is 3.20. The number of rotatable bonds is 4. The molecule has 1 atom stereocenters. The first-order chi connectivity index (χ1) is 9.99. The monoisotopic (exact) mass is 285 g/mol. The number of aromatic nitrogens is 1. The summed E-state index contributed by atoms with van der Waals surface area (Å²) in [5, 5.41) is 6.49. The molecule has 2 N–H and O–H groups in total. The Morgan fingerprint density at radius 3 is 2.52 bits per heavy atom. The Labute approximate surface area is 123 Å². The van der Waals surface area contributed by atoms with Crippen molar-refractivity contribution in [2.75, 3.05) is 5.32 Å². The molecule has 1 heterocycles. The van der Waals surface area contributed by atoms with Crippen LogP contribution in [0, 0.1) is 5.92 Å². The lowest BCUT2D eigenvalue weighted by Gasteiger charge is -2.21. The molecule has 5 heteroatoms. The molecule has 0 aliphatic rings. The first-order valence-electron chi connectivity index (χ1n) is 6.90. The largest absolute Gasteiger partial charge is 0.344 e. The van der Waals surface area contributed by atoms with Gasteiger partial charge in [-0.2, -0.15) is 0 Å². The standard InChI is InChI=1S/C16H19N3O2/c1-10(2)14(18-11(3)20)16(21)19-13-8-4-6-12-7-5-9-17-15(12)13/h4-10,14H,1-3H3,(H,18,20)(H,19,21)/t14-/m1/s1. The van der Waals surface area contributed by atoms with Crippen LogP contribution in [0.5, 0.6) is 0 Å². The quantitative estimate of drug-likeness (QED) is 0.905. The van der Waals surface area contributed by atoms with Crippen molar-refractivity contribution in [3.05, 3.63) is 36.5 Å². The van der Waals surface area contributed by atoms with E-state index in [9.17, 15) is 9.59 Å². The second-order valence-corrected chi connectivity index (χ2v) is 5.29. The lowest BCUT2D eigenvalue weighted by Crippen LogP contribution is -2.46. The molecule has 2 aromatic rings. The van der Waals surface area contributed by atoms with Crippen molar-refractivity contribution in [1.29, 1.82) is 0 Å². The van der Waals surface area contributed by atoms with Crippen LogP contribution in [0.15, 0.2) is 36.5 Å².